The molecule has 1 N–H and O–H groups in total. The van der Waals surface area contributed by atoms with Gasteiger partial charge in [-0.3, -0.25) is 0 Å². The zero-order valence-electron chi connectivity index (χ0n) is 8.03. The van der Waals surface area contributed by atoms with Crippen molar-refractivity contribution in [3.63, 3.8) is 0 Å². The van der Waals surface area contributed by atoms with Crippen LogP contribution >= 0.6 is 15.9 Å². The van der Waals surface area contributed by atoms with Crippen LogP contribution in [-0.4, -0.2) is 17.3 Å². The lowest BCUT2D eigenvalue weighted by molar-refractivity contribution is 0.118. The summed E-state index contributed by atoms with van der Waals surface area (Å²) in [6.07, 6.45) is 1.45. The van der Waals surface area contributed by atoms with Gasteiger partial charge in [-0.05, 0) is 30.7 Å². The van der Waals surface area contributed by atoms with Crippen LogP contribution in [0.25, 0.3) is 0 Å². The van der Waals surface area contributed by atoms with Crippen molar-refractivity contribution < 1.29 is 9.84 Å². The van der Waals surface area contributed by atoms with E-state index in [2.05, 4.69) is 22.0 Å². The first-order chi connectivity index (χ1) is 6.65. The summed E-state index contributed by atoms with van der Waals surface area (Å²) in [5.74, 6) is 0.957. The van der Waals surface area contributed by atoms with Gasteiger partial charge in [0.25, 0.3) is 0 Å². The molecular formula is C11H13BrO2. The molecule has 1 aromatic carbocycles. The average Bonchev–Trinajstić information content (AvgIpc) is 2.44. The highest BCUT2D eigenvalue weighted by Gasteiger charge is 2.23. The number of benzene rings is 1. The molecule has 0 saturated heterocycles. The smallest absolute Gasteiger partial charge is 0.123 e. The fourth-order valence-corrected chi connectivity index (χ4v) is 2.21. The molecule has 1 heterocycles. The maximum atomic E-state index is 9.26. The normalized spacial score (nSPS) is 21.5. The van der Waals surface area contributed by atoms with Gasteiger partial charge in [-0.15, -0.1) is 0 Å². The Balaban J connectivity index is 2.10. The maximum Gasteiger partial charge on any atom is 0.123 e. The molecule has 76 valence electrons. The Morgan fingerprint density at radius 2 is 2.43 bits per heavy atom. The van der Waals surface area contributed by atoms with Gasteiger partial charge in [-0.1, -0.05) is 15.9 Å². The van der Waals surface area contributed by atoms with Crippen molar-refractivity contribution in [3.05, 3.63) is 28.2 Å². The highest BCUT2D eigenvalue weighted by atomic mass is 79.9. The van der Waals surface area contributed by atoms with E-state index in [0.29, 0.717) is 6.42 Å². The van der Waals surface area contributed by atoms with Crippen molar-refractivity contribution in [3.8, 4) is 5.75 Å². The summed E-state index contributed by atoms with van der Waals surface area (Å²) in [6, 6.07) is 6.03. The minimum atomic E-state index is -0.294. The quantitative estimate of drug-likeness (QED) is 0.882. The summed E-state index contributed by atoms with van der Waals surface area (Å²) in [5, 5.41) is 9.26. The van der Waals surface area contributed by atoms with Crippen molar-refractivity contribution in [1.82, 2.24) is 0 Å². The summed E-state index contributed by atoms with van der Waals surface area (Å²) >= 11 is 3.43. The lowest BCUT2D eigenvalue weighted by Gasteiger charge is -2.11. The third kappa shape index (κ3) is 2.10. The van der Waals surface area contributed by atoms with Crippen LogP contribution in [0.4, 0.5) is 0 Å². The maximum absolute atomic E-state index is 9.26. The van der Waals surface area contributed by atoms with Crippen molar-refractivity contribution in [2.24, 2.45) is 0 Å². The van der Waals surface area contributed by atoms with Crippen LogP contribution in [0, 0.1) is 0 Å². The minimum absolute atomic E-state index is 0.138. The molecule has 1 aliphatic heterocycles. The van der Waals surface area contributed by atoms with E-state index in [4.69, 9.17) is 4.74 Å². The molecule has 2 rings (SSSR count). The first-order valence-corrected chi connectivity index (χ1v) is 5.57. The molecule has 0 aromatic heterocycles. The first-order valence-electron chi connectivity index (χ1n) is 4.78. The molecule has 14 heavy (non-hydrogen) atoms. The fourth-order valence-electron chi connectivity index (χ4n) is 1.80. The summed E-state index contributed by atoms with van der Waals surface area (Å²) in [4.78, 5) is 0. The highest BCUT2D eigenvalue weighted by molar-refractivity contribution is 9.10. The highest BCUT2D eigenvalue weighted by Crippen LogP contribution is 2.32. The Bertz CT molecular complexity index is 336. The standard InChI is InChI=1S/C11H13BrO2/c1-7(13)4-10-6-8-5-9(12)2-3-11(8)14-10/h2-3,5,7,10,13H,4,6H2,1H3. The second-order valence-corrected chi connectivity index (χ2v) is 4.70. The van der Waals surface area contributed by atoms with E-state index in [-0.39, 0.29) is 12.2 Å². The van der Waals surface area contributed by atoms with Crippen molar-refractivity contribution in [2.75, 3.05) is 0 Å². The van der Waals surface area contributed by atoms with Crippen LogP contribution in [-0.2, 0) is 6.42 Å². The topological polar surface area (TPSA) is 29.5 Å². The number of halogens is 1. The zero-order valence-corrected chi connectivity index (χ0v) is 9.62. The molecule has 1 aromatic rings. The summed E-state index contributed by atoms with van der Waals surface area (Å²) in [6.45, 7) is 1.79. The van der Waals surface area contributed by atoms with Crippen LogP contribution in [0.3, 0.4) is 0 Å². The molecule has 0 fully saturated rings. The van der Waals surface area contributed by atoms with Gasteiger partial charge in [-0.25, -0.2) is 0 Å². The molecule has 1 aliphatic rings. The average molecular weight is 257 g/mol. The molecule has 0 aliphatic carbocycles. The van der Waals surface area contributed by atoms with Gasteiger partial charge in [0.15, 0.2) is 0 Å². The third-order valence-corrected chi connectivity index (χ3v) is 2.86. The number of hydrogen-bond donors (Lipinski definition) is 1. The zero-order chi connectivity index (χ0) is 10.1. The summed E-state index contributed by atoms with van der Waals surface area (Å²) in [7, 11) is 0. The Morgan fingerprint density at radius 1 is 1.64 bits per heavy atom. The lowest BCUT2D eigenvalue weighted by Crippen LogP contribution is -2.19. The predicted molar refractivity (Wildman–Crippen MR) is 58.6 cm³/mol. The summed E-state index contributed by atoms with van der Waals surface area (Å²) in [5.41, 5.74) is 1.23. The molecule has 0 spiro atoms. The predicted octanol–water partition coefficient (Wildman–Crippen LogP) is 2.52. The van der Waals surface area contributed by atoms with Crippen LogP contribution in [0.1, 0.15) is 18.9 Å². The lowest BCUT2D eigenvalue weighted by atomic mass is 10.1. The molecule has 3 heteroatoms. The van der Waals surface area contributed by atoms with Crippen LogP contribution in [0.2, 0.25) is 0 Å². The molecule has 0 saturated carbocycles. The van der Waals surface area contributed by atoms with Gasteiger partial charge in [0.2, 0.25) is 0 Å². The number of fused-ring (bicyclic) bond motifs is 1. The fraction of sp³-hybridized carbons (Fsp3) is 0.455. The first kappa shape index (κ1) is 9.99. The van der Waals surface area contributed by atoms with Gasteiger partial charge in [0.1, 0.15) is 11.9 Å². The second kappa shape index (κ2) is 3.91. The molecule has 2 unspecified atom stereocenters. The second-order valence-electron chi connectivity index (χ2n) is 3.78. The van der Waals surface area contributed by atoms with E-state index in [9.17, 15) is 5.11 Å². The van der Waals surface area contributed by atoms with Crippen molar-refractivity contribution in [1.29, 1.82) is 0 Å². The Labute approximate surface area is 92.0 Å². The van der Waals surface area contributed by atoms with Gasteiger partial charge in [-0.2, -0.15) is 0 Å². The largest absolute Gasteiger partial charge is 0.490 e. The molecule has 0 bridgehead atoms. The van der Waals surface area contributed by atoms with E-state index in [1.807, 2.05) is 12.1 Å². The van der Waals surface area contributed by atoms with Gasteiger partial charge >= 0.3 is 0 Å². The third-order valence-electron chi connectivity index (χ3n) is 2.37. The number of ether oxygens (including phenoxy) is 1. The summed E-state index contributed by atoms with van der Waals surface area (Å²) < 4.78 is 6.77. The van der Waals surface area contributed by atoms with Crippen LogP contribution in [0.15, 0.2) is 22.7 Å². The van der Waals surface area contributed by atoms with E-state index < -0.39 is 0 Å². The number of rotatable bonds is 2. The van der Waals surface area contributed by atoms with Gasteiger partial charge in [0, 0.05) is 17.3 Å². The van der Waals surface area contributed by atoms with Crippen molar-refractivity contribution >= 4 is 15.9 Å². The van der Waals surface area contributed by atoms with Crippen LogP contribution < -0.4 is 4.74 Å². The van der Waals surface area contributed by atoms with E-state index in [0.717, 1.165) is 16.6 Å². The number of hydrogen-bond acceptors (Lipinski definition) is 2. The molecular weight excluding hydrogens is 244 g/mol. The Morgan fingerprint density at radius 3 is 3.14 bits per heavy atom. The SMILES string of the molecule is CC(O)CC1Cc2cc(Br)ccc2O1. The minimum Gasteiger partial charge on any atom is -0.490 e. The van der Waals surface area contributed by atoms with Crippen molar-refractivity contribution in [2.45, 2.75) is 32.0 Å². The Kier molecular flexibility index (Phi) is 2.79. The van der Waals surface area contributed by atoms with Gasteiger partial charge in [0.05, 0.1) is 6.10 Å². The molecule has 2 atom stereocenters. The van der Waals surface area contributed by atoms with E-state index >= 15 is 0 Å². The molecule has 2 nitrogen and oxygen atoms in total. The van der Waals surface area contributed by atoms with E-state index in [1.54, 1.807) is 6.92 Å². The molecule has 0 amide bonds. The Hall–Kier alpha value is -0.540. The van der Waals surface area contributed by atoms with Crippen LogP contribution in [0.5, 0.6) is 5.75 Å². The van der Waals surface area contributed by atoms with E-state index in [1.165, 1.54) is 5.56 Å². The number of aliphatic hydroxyl groups is 1. The monoisotopic (exact) mass is 256 g/mol. The number of aliphatic hydroxyl groups excluding tert-OH is 1. The molecule has 0 radical (unpaired) electrons. The van der Waals surface area contributed by atoms with Gasteiger partial charge < -0.3 is 9.84 Å².